The predicted octanol–water partition coefficient (Wildman–Crippen LogP) is 5.03. The van der Waals surface area contributed by atoms with E-state index < -0.39 is 0 Å². The minimum absolute atomic E-state index is 0.274. The molecule has 1 heterocycles. The topological polar surface area (TPSA) is 38.7 Å². The van der Waals surface area contributed by atoms with Gasteiger partial charge in [0.1, 0.15) is 5.76 Å². The molecule has 0 aromatic heterocycles. The van der Waals surface area contributed by atoms with E-state index in [1.165, 1.54) is 23.8 Å². The number of aliphatic imine (C=N–C) groups is 1. The van der Waals surface area contributed by atoms with Gasteiger partial charge in [-0.2, -0.15) is 0 Å². The van der Waals surface area contributed by atoms with Crippen LogP contribution in [0.5, 0.6) is 0 Å². The summed E-state index contributed by atoms with van der Waals surface area (Å²) in [6.45, 7) is 10.2. The summed E-state index contributed by atoms with van der Waals surface area (Å²) in [5.74, 6) is 0.381. The third kappa shape index (κ3) is 5.99. The lowest BCUT2D eigenvalue weighted by molar-refractivity contribution is -0.136. The summed E-state index contributed by atoms with van der Waals surface area (Å²) in [4.78, 5) is 14.9. The molecular formula is C21H27NO2. The Hall–Kier alpha value is -2.42. The van der Waals surface area contributed by atoms with Gasteiger partial charge in [0.05, 0.1) is 0 Å². The second-order valence-corrected chi connectivity index (χ2v) is 5.20. The van der Waals surface area contributed by atoms with Gasteiger partial charge in [-0.1, -0.05) is 62.4 Å². The first-order chi connectivity index (χ1) is 11.6. The highest BCUT2D eigenvalue weighted by Gasteiger charge is 2.07. The number of rotatable bonds is 1. The summed E-state index contributed by atoms with van der Waals surface area (Å²) in [5, 5.41) is 0. The molecule has 0 fully saturated rings. The number of fused-ring (bicyclic) bond motifs is 1. The molecule has 0 N–H and O–H groups in total. The summed E-state index contributed by atoms with van der Waals surface area (Å²) in [5.41, 5.74) is 4.92. The smallest absolute Gasteiger partial charge is 0.307 e. The molecule has 3 nitrogen and oxygen atoms in total. The Morgan fingerprint density at radius 1 is 1.08 bits per heavy atom. The van der Waals surface area contributed by atoms with Gasteiger partial charge < -0.3 is 4.74 Å². The summed E-state index contributed by atoms with van der Waals surface area (Å²) in [7, 11) is 0. The van der Waals surface area contributed by atoms with E-state index in [-0.39, 0.29) is 5.97 Å². The van der Waals surface area contributed by atoms with Crippen molar-refractivity contribution in [1.29, 1.82) is 0 Å². The normalized spacial score (nSPS) is 13.7. The number of hydrogen-bond donors (Lipinski definition) is 0. The first-order valence-corrected chi connectivity index (χ1v) is 8.41. The van der Waals surface area contributed by atoms with Gasteiger partial charge >= 0.3 is 5.97 Å². The maximum Gasteiger partial charge on any atom is 0.307 e. The molecule has 1 aliphatic heterocycles. The molecule has 0 atom stereocenters. The van der Waals surface area contributed by atoms with Crippen LogP contribution in [0, 0.1) is 0 Å². The Morgan fingerprint density at radius 2 is 1.71 bits per heavy atom. The van der Waals surface area contributed by atoms with Crippen LogP contribution in [0.25, 0.3) is 0 Å². The van der Waals surface area contributed by atoms with Crippen LogP contribution in [-0.2, 0) is 16.0 Å². The second kappa shape index (κ2) is 10.4. The highest BCUT2D eigenvalue weighted by molar-refractivity contribution is 6.00. The highest BCUT2D eigenvalue weighted by atomic mass is 16.5. The van der Waals surface area contributed by atoms with Gasteiger partial charge in [-0.3, -0.25) is 9.79 Å². The van der Waals surface area contributed by atoms with Crippen LogP contribution >= 0.6 is 0 Å². The Morgan fingerprint density at radius 3 is 2.29 bits per heavy atom. The van der Waals surface area contributed by atoms with Crippen LogP contribution in [-0.4, -0.2) is 18.2 Å². The fourth-order valence-electron chi connectivity index (χ4n) is 2.40. The zero-order chi connectivity index (χ0) is 17.9. The van der Waals surface area contributed by atoms with Crippen LogP contribution < -0.4 is 0 Å². The molecule has 1 aliphatic carbocycles. The number of nitrogens with zero attached hydrogens (tertiary/aromatic N) is 1. The first kappa shape index (κ1) is 19.6. The second-order valence-electron chi connectivity index (χ2n) is 5.20. The maximum atomic E-state index is 10.5. The Balaban J connectivity index is 0.000000218. The standard InChI is InChI=1S/C10H11N.C9H10O2.C2H6/c1-8-10-5-3-2-4-9(10)6-7-11-8;1-7(11-8(2)10)9-5-3-4-6-9;1-2/h2-5H,6-7H2,1H3;3-6H,1-2H3;1-2H3. The fourth-order valence-corrected chi connectivity index (χ4v) is 2.40. The van der Waals surface area contributed by atoms with Crippen molar-refractivity contribution < 1.29 is 9.53 Å². The fraction of sp³-hybridized carbons (Fsp3) is 0.333. The number of allylic oxidation sites excluding steroid dienone is 6. The lowest BCUT2D eigenvalue weighted by Crippen LogP contribution is -2.08. The monoisotopic (exact) mass is 325 g/mol. The molecule has 0 saturated heterocycles. The average molecular weight is 325 g/mol. The van der Waals surface area contributed by atoms with Crippen LogP contribution in [0.1, 0.15) is 45.7 Å². The summed E-state index contributed by atoms with van der Waals surface area (Å²) >= 11 is 0. The lowest BCUT2D eigenvalue weighted by Gasteiger charge is -2.12. The van der Waals surface area contributed by atoms with Crippen molar-refractivity contribution in [2.24, 2.45) is 4.99 Å². The number of carbonyl (C=O) groups is 1. The first-order valence-electron chi connectivity index (χ1n) is 8.41. The summed E-state index contributed by atoms with van der Waals surface area (Å²) in [6, 6.07) is 8.50. The molecule has 128 valence electrons. The largest absolute Gasteiger partial charge is 0.431 e. The molecule has 0 unspecified atom stereocenters. The van der Waals surface area contributed by atoms with E-state index in [0.29, 0.717) is 5.76 Å². The zero-order valence-electron chi connectivity index (χ0n) is 15.3. The number of hydrogen-bond acceptors (Lipinski definition) is 3. The number of benzene rings is 1. The van der Waals surface area contributed by atoms with Crippen molar-refractivity contribution in [3.8, 4) is 0 Å². The van der Waals surface area contributed by atoms with Crippen molar-refractivity contribution in [2.75, 3.05) is 6.54 Å². The van der Waals surface area contributed by atoms with E-state index in [4.69, 9.17) is 4.74 Å². The van der Waals surface area contributed by atoms with E-state index in [0.717, 1.165) is 18.5 Å². The van der Waals surface area contributed by atoms with E-state index in [1.807, 2.05) is 38.2 Å². The van der Waals surface area contributed by atoms with Crippen molar-refractivity contribution in [3.63, 3.8) is 0 Å². The van der Waals surface area contributed by atoms with Crippen molar-refractivity contribution >= 4 is 11.7 Å². The van der Waals surface area contributed by atoms with Gasteiger partial charge in [-0.15, -0.1) is 0 Å². The molecule has 1 aromatic carbocycles. The predicted molar refractivity (Wildman–Crippen MR) is 101 cm³/mol. The molecule has 3 rings (SSSR count). The van der Waals surface area contributed by atoms with E-state index in [2.05, 4.69) is 36.2 Å². The molecule has 0 saturated carbocycles. The van der Waals surface area contributed by atoms with Crippen LogP contribution in [0.2, 0.25) is 0 Å². The molecule has 24 heavy (non-hydrogen) atoms. The number of esters is 1. The Kier molecular flexibility index (Phi) is 8.48. The van der Waals surface area contributed by atoms with Gasteiger partial charge in [0.25, 0.3) is 0 Å². The van der Waals surface area contributed by atoms with Gasteiger partial charge in [0, 0.05) is 24.8 Å². The van der Waals surface area contributed by atoms with Gasteiger partial charge in [-0.25, -0.2) is 0 Å². The van der Waals surface area contributed by atoms with Gasteiger partial charge in [0.2, 0.25) is 0 Å². The van der Waals surface area contributed by atoms with Gasteiger partial charge in [-0.05, 0) is 31.4 Å². The number of ether oxygens (including phenoxy) is 1. The quantitative estimate of drug-likeness (QED) is 0.537. The minimum atomic E-state index is -0.274. The summed E-state index contributed by atoms with van der Waals surface area (Å²) in [6.07, 6.45) is 8.72. The lowest BCUT2D eigenvalue weighted by atomic mass is 9.99. The minimum Gasteiger partial charge on any atom is -0.431 e. The van der Waals surface area contributed by atoms with Crippen molar-refractivity contribution in [1.82, 2.24) is 0 Å². The molecule has 3 heteroatoms. The van der Waals surface area contributed by atoms with Crippen LogP contribution in [0.15, 0.2) is 64.9 Å². The SMILES string of the molecule is CC.CC(=O)OC(C)=C1C=CC=C1.CC1=NCCc2ccccc21. The molecule has 0 radical (unpaired) electrons. The molecule has 0 amide bonds. The molecular weight excluding hydrogens is 298 g/mol. The van der Waals surface area contributed by atoms with Gasteiger partial charge in [0.15, 0.2) is 0 Å². The van der Waals surface area contributed by atoms with Crippen molar-refractivity contribution in [3.05, 3.63) is 71.0 Å². The van der Waals surface area contributed by atoms with E-state index in [1.54, 1.807) is 6.92 Å². The Bertz CT molecular complexity index is 665. The molecule has 0 spiro atoms. The highest BCUT2D eigenvalue weighted by Crippen LogP contribution is 2.15. The van der Waals surface area contributed by atoms with Crippen LogP contribution in [0.3, 0.4) is 0 Å². The Labute approximate surface area is 145 Å². The van der Waals surface area contributed by atoms with E-state index >= 15 is 0 Å². The average Bonchev–Trinajstić information content (AvgIpc) is 3.12. The maximum absolute atomic E-state index is 10.5. The van der Waals surface area contributed by atoms with Crippen LogP contribution in [0.4, 0.5) is 0 Å². The molecule has 2 aliphatic rings. The molecule has 0 bridgehead atoms. The third-order valence-corrected chi connectivity index (χ3v) is 3.50. The zero-order valence-corrected chi connectivity index (χ0v) is 15.3. The third-order valence-electron chi connectivity index (χ3n) is 3.50. The van der Waals surface area contributed by atoms with Crippen molar-refractivity contribution in [2.45, 2.75) is 41.0 Å². The summed E-state index contributed by atoms with van der Waals surface area (Å²) < 4.78 is 4.87. The molecule has 1 aromatic rings. The van der Waals surface area contributed by atoms with E-state index in [9.17, 15) is 4.79 Å². The number of carbonyl (C=O) groups excluding carboxylic acids is 1.